The second-order valence-corrected chi connectivity index (χ2v) is 7.64. The molecule has 2 aliphatic rings. The first kappa shape index (κ1) is 18.5. The van der Waals surface area contributed by atoms with Gasteiger partial charge in [0.25, 0.3) is 0 Å². The van der Waals surface area contributed by atoms with Crippen molar-refractivity contribution >= 4 is 29.7 Å². The molecule has 1 amide bonds. The fraction of sp³-hybridized carbons (Fsp3) is 0.750. The van der Waals surface area contributed by atoms with Crippen LogP contribution in [0.15, 0.2) is 10.2 Å². The summed E-state index contributed by atoms with van der Waals surface area (Å²) >= 11 is 1.19. The van der Waals surface area contributed by atoms with Gasteiger partial charge >= 0.3 is 4.87 Å². The van der Waals surface area contributed by atoms with Gasteiger partial charge in [0, 0.05) is 36.1 Å². The van der Waals surface area contributed by atoms with Crippen molar-refractivity contribution < 1.29 is 4.79 Å². The molecular formula is C16H26ClN3O2S. The lowest BCUT2D eigenvalue weighted by Gasteiger charge is -2.45. The van der Waals surface area contributed by atoms with Gasteiger partial charge in [0.05, 0.1) is 0 Å². The molecule has 2 atom stereocenters. The summed E-state index contributed by atoms with van der Waals surface area (Å²) in [4.78, 5) is 24.0. The summed E-state index contributed by atoms with van der Waals surface area (Å²) in [6.07, 6.45) is 6.06. The molecule has 7 heteroatoms. The Labute approximate surface area is 147 Å². The fourth-order valence-electron chi connectivity index (χ4n) is 4.17. The van der Waals surface area contributed by atoms with Crippen molar-refractivity contribution in [2.45, 2.75) is 64.1 Å². The summed E-state index contributed by atoms with van der Waals surface area (Å²) in [6.45, 7) is 2.38. The second kappa shape index (κ2) is 7.81. The number of aromatic nitrogens is 1. The molecule has 2 fully saturated rings. The highest BCUT2D eigenvalue weighted by molar-refractivity contribution is 7.07. The first-order valence-electron chi connectivity index (χ1n) is 8.24. The Morgan fingerprint density at radius 2 is 2.04 bits per heavy atom. The van der Waals surface area contributed by atoms with E-state index in [0.717, 1.165) is 18.5 Å². The maximum Gasteiger partial charge on any atom is 0.307 e. The quantitative estimate of drug-likeness (QED) is 0.863. The zero-order valence-electron chi connectivity index (χ0n) is 13.5. The molecule has 1 aromatic rings. The molecule has 0 spiro atoms. The first-order chi connectivity index (χ1) is 10.5. The molecule has 130 valence electrons. The molecular weight excluding hydrogens is 334 g/mol. The van der Waals surface area contributed by atoms with E-state index < -0.39 is 0 Å². The lowest BCUT2D eigenvalue weighted by Crippen LogP contribution is -2.53. The fourth-order valence-corrected chi connectivity index (χ4v) is 4.93. The Balaban J connectivity index is 0.00000192. The zero-order valence-corrected chi connectivity index (χ0v) is 15.1. The smallest absolute Gasteiger partial charge is 0.307 e. The number of fused-ring (bicyclic) bond motifs is 2. The number of nitrogens with two attached hydrogens (primary N) is 1. The topological polar surface area (TPSA) is 77.1 Å². The third-order valence-corrected chi connectivity index (χ3v) is 6.12. The third-order valence-electron chi connectivity index (χ3n) is 5.24. The molecule has 3 N–H and O–H groups in total. The minimum absolute atomic E-state index is 0. The van der Waals surface area contributed by atoms with Gasteiger partial charge in [0.2, 0.25) is 5.91 Å². The van der Waals surface area contributed by atoms with Crippen LogP contribution >= 0.6 is 23.7 Å². The van der Waals surface area contributed by atoms with Crippen LogP contribution < -0.4 is 15.9 Å². The van der Waals surface area contributed by atoms with Crippen LogP contribution in [0.5, 0.6) is 0 Å². The highest BCUT2D eigenvalue weighted by Gasteiger charge is 2.39. The number of hydrogen-bond acceptors (Lipinski definition) is 4. The standard InChI is InChI=1S/C16H25N3O2S.ClH/c1-10-9-22-16(21)19(10)6-5-14(20)18-15-11-3-2-4-12(15)8-13(17)7-11;/h9,11-13,15H,2-8,17H2,1H3,(H,18,20);1H. The number of nitrogens with zero attached hydrogens (tertiary/aromatic N) is 1. The highest BCUT2D eigenvalue weighted by atomic mass is 35.5. The second-order valence-electron chi connectivity index (χ2n) is 6.82. The normalized spacial score (nSPS) is 29.7. The largest absolute Gasteiger partial charge is 0.353 e. The maximum absolute atomic E-state index is 12.3. The Morgan fingerprint density at radius 1 is 1.39 bits per heavy atom. The lowest BCUT2D eigenvalue weighted by molar-refractivity contribution is -0.123. The van der Waals surface area contributed by atoms with Crippen LogP contribution in [0.1, 0.15) is 44.2 Å². The molecule has 2 unspecified atom stereocenters. The Bertz CT molecular complexity index is 586. The molecule has 0 aliphatic heterocycles. The predicted molar refractivity (Wildman–Crippen MR) is 95.2 cm³/mol. The Kier molecular flexibility index (Phi) is 6.28. The molecule has 1 aromatic heterocycles. The molecule has 5 nitrogen and oxygen atoms in total. The summed E-state index contributed by atoms with van der Waals surface area (Å²) < 4.78 is 1.68. The van der Waals surface area contributed by atoms with E-state index in [0.29, 0.717) is 36.9 Å². The molecule has 2 bridgehead atoms. The number of carbonyl (C=O) groups is 1. The van der Waals surface area contributed by atoms with Gasteiger partial charge in [-0.05, 0) is 44.4 Å². The molecule has 23 heavy (non-hydrogen) atoms. The van der Waals surface area contributed by atoms with E-state index in [1.807, 2.05) is 12.3 Å². The third kappa shape index (κ3) is 4.17. The lowest BCUT2D eigenvalue weighted by atomic mass is 9.67. The number of carbonyl (C=O) groups excluding carboxylic acids is 1. The summed E-state index contributed by atoms with van der Waals surface area (Å²) in [6, 6.07) is 0.594. The summed E-state index contributed by atoms with van der Waals surface area (Å²) in [7, 11) is 0. The maximum atomic E-state index is 12.3. The molecule has 0 radical (unpaired) electrons. The number of nitrogens with one attached hydrogen (secondary N) is 1. The van der Waals surface area contributed by atoms with E-state index in [4.69, 9.17) is 5.73 Å². The van der Waals surface area contributed by atoms with Crippen LogP contribution in [0.25, 0.3) is 0 Å². The summed E-state index contributed by atoms with van der Waals surface area (Å²) in [5.74, 6) is 1.14. The van der Waals surface area contributed by atoms with Crippen molar-refractivity contribution in [2.24, 2.45) is 17.6 Å². The number of hydrogen-bond donors (Lipinski definition) is 2. The van der Waals surface area contributed by atoms with Crippen LogP contribution in [-0.2, 0) is 11.3 Å². The number of halogens is 1. The van der Waals surface area contributed by atoms with Crippen LogP contribution in [0, 0.1) is 18.8 Å². The van der Waals surface area contributed by atoms with Crippen molar-refractivity contribution in [3.63, 3.8) is 0 Å². The zero-order chi connectivity index (χ0) is 15.7. The molecule has 2 saturated carbocycles. The summed E-state index contributed by atoms with van der Waals surface area (Å²) in [5, 5.41) is 5.08. The van der Waals surface area contributed by atoms with Crippen molar-refractivity contribution in [2.75, 3.05) is 0 Å². The van der Waals surface area contributed by atoms with Crippen molar-refractivity contribution in [3.8, 4) is 0 Å². The van der Waals surface area contributed by atoms with Gasteiger partial charge < -0.3 is 15.6 Å². The predicted octanol–water partition coefficient (Wildman–Crippen LogP) is 2.05. The highest BCUT2D eigenvalue weighted by Crippen LogP contribution is 2.39. The minimum atomic E-state index is 0. The van der Waals surface area contributed by atoms with Gasteiger partial charge in [-0.15, -0.1) is 12.4 Å². The van der Waals surface area contributed by atoms with Crippen LogP contribution in [0.2, 0.25) is 0 Å². The van der Waals surface area contributed by atoms with E-state index >= 15 is 0 Å². The molecule has 0 saturated heterocycles. The van der Waals surface area contributed by atoms with Gasteiger partial charge in [-0.3, -0.25) is 9.59 Å². The number of thiazole rings is 1. The molecule has 2 aliphatic carbocycles. The molecule has 1 heterocycles. The van der Waals surface area contributed by atoms with Crippen molar-refractivity contribution in [1.82, 2.24) is 9.88 Å². The minimum Gasteiger partial charge on any atom is -0.353 e. The van der Waals surface area contributed by atoms with E-state index in [1.165, 1.54) is 30.6 Å². The van der Waals surface area contributed by atoms with Gasteiger partial charge in [-0.25, -0.2) is 0 Å². The number of rotatable bonds is 4. The first-order valence-corrected chi connectivity index (χ1v) is 9.12. The molecule has 3 rings (SSSR count). The van der Waals surface area contributed by atoms with E-state index in [2.05, 4.69) is 5.32 Å². The van der Waals surface area contributed by atoms with Gasteiger partial charge in [-0.2, -0.15) is 0 Å². The molecule has 0 aromatic carbocycles. The van der Waals surface area contributed by atoms with Gasteiger partial charge in [0.1, 0.15) is 0 Å². The average Bonchev–Trinajstić information content (AvgIpc) is 2.77. The van der Waals surface area contributed by atoms with Crippen molar-refractivity contribution in [3.05, 3.63) is 20.7 Å². The van der Waals surface area contributed by atoms with Gasteiger partial charge in [0.15, 0.2) is 0 Å². The summed E-state index contributed by atoms with van der Waals surface area (Å²) in [5.41, 5.74) is 7.06. The number of aryl methyl sites for hydroxylation is 1. The van der Waals surface area contributed by atoms with E-state index in [9.17, 15) is 9.59 Å². The van der Waals surface area contributed by atoms with Crippen LogP contribution in [-0.4, -0.2) is 22.6 Å². The monoisotopic (exact) mass is 359 g/mol. The SMILES string of the molecule is Cc1csc(=O)n1CCC(=O)NC1C2CCCC1CC(N)C2.Cl. The Morgan fingerprint density at radius 3 is 2.61 bits per heavy atom. The van der Waals surface area contributed by atoms with Crippen LogP contribution in [0.4, 0.5) is 0 Å². The Hall–Kier alpha value is -0.850. The van der Waals surface area contributed by atoms with Gasteiger partial charge in [-0.1, -0.05) is 17.8 Å². The van der Waals surface area contributed by atoms with E-state index in [1.54, 1.807) is 4.57 Å². The number of amides is 1. The van der Waals surface area contributed by atoms with E-state index in [-0.39, 0.29) is 23.2 Å². The van der Waals surface area contributed by atoms with Crippen LogP contribution in [0.3, 0.4) is 0 Å². The average molecular weight is 360 g/mol. The van der Waals surface area contributed by atoms with Crippen molar-refractivity contribution in [1.29, 1.82) is 0 Å².